The minimum Gasteiger partial charge on any atom is -0.456 e. The van der Waals surface area contributed by atoms with Gasteiger partial charge in [-0.1, -0.05) is 78.3 Å². The van der Waals surface area contributed by atoms with Crippen LogP contribution in [0.15, 0.2) is 102 Å². The molecule has 0 aliphatic heterocycles. The summed E-state index contributed by atoms with van der Waals surface area (Å²) >= 11 is 9.65. The lowest BCUT2D eigenvalue weighted by atomic mass is 9.96. The summed E-state index contributed by atoms with van der Waals surface area (Å²) in [5.74, 6) is 1.55. The van der Waals surface area contributed by atoms with Crippen molar-refractivity contribution in [3.05, 3.63) is 107 Å². The summed E-state index contributed by atoms with van der Waals surface area (Å²) in [6.45, 7) is 0. The molecule has 0 aliphatic carbocycles. The standard InChI is InChI=1S/C26H16BrClO/c27-24-16-20(28)12-13-25(24)29-26-15-19(14-18-7-2-4-10-23(18)26)22-11-5-8-17-6-1-3-9-21(17)22/h1-16H. The Morgan fingerprint density at radius 3 is 2.17 bits per heavy atom. The van der Waals surface area contributed by atoms with Gasteiger partial charge in [0.25, 0.3) is 0 Å². The van der Waals surface area contributed by atoms with Gasteiger partial charge in [0, 0.05) is 10.4 Å². The molecule has 0 unspecified atom stereocenters. The third-order valence-electron chi connectivity index (χ3n) is 5.04. The van der Waals surface area contributed by atoms with Gasteiger partial charge in [-0.15, -0.1) is 0 Å². The lowest BCUT2D eigenvalue weighted by Crippen LogP contribution is -1.90. The fraction of sp³-hybridized carbons (Fsp3) is 0. The molecule has 0 heterocycles. The third kappa shape index (κ3) is 3.50. The van der Waals surface area contributed by atoms with Crippen LogP contribution in [-0.4, -0.2) is 0 Å². The van der Waals surface area contributed by atoms with Crippen molar-refractivity contribution >= 4 is 49.1 Å². The van der Waals surface area contributed by atoms with E-state index in [-0.39, 0.29) is 0 Å². The first kappa shape index (κ1) is 18.2. The fourth-order valence-corrected chi connectivity index (χ4v) is 4.43. The molecule has 5 aromatic carbocycles. The quantitative estimate of drug-likeness (QED) is 0.262. The Balaban J connectivity index is 1.72. The molecule has 3 heteroatoms. The first-order valence-electron chi connectivity index (χ1n) is 9.33. The zero-order valence-corrected chi connectivity index (χ0v) is 17.7. The van der Waals surface area contributed by atoms with Crippen molar-refractivity contribution in [1.29, 1.82) is 0 Å². The molecule has 0 aliphatic rings. The highest BCUT2D eigenvalue weighted by atomic mass is 79.9. The highest BCUT2D eigenvalue weighted by Gasteiger charge is 2.11. The van der Waals surface area contributed by atoms with Crippen LogP contribution in [-0.2, 0) is 0 Å². The SMILES string of the molecule is Clc1ccc(Oc2cc(-c3cccc4ccccc34)cc3ccccc23)c(Br)c1. The molecular weight excluding hydrogens is 444 g/mol. The normalized spacial score (nSPS) is 11.1. The minimum absolute atomic E-state index is 0.665. The Morgan fingerprint density at radius 1 is 0.621 bits per heavy atom. The van der Waals surface area contributed by atoms with E-state index in [1.165, 1.54) is 16.3 Å². The van der Waals surface area contributed by atoms with Crippen LogP contribution in [0.3, 0.4) is 0 Å². The van der Waals surface area contributed by atoms with E-state index in [1.807, 2.05) is 24.3 Å². The molecule has 0 atom stereocenters. The van der Waals surface area contributed by atoms with Crippen molar-refractivity contribution in [3.8, 4) is 22.6 Å². The highest BCUT2D eigenvalue weighted by Crippen LogP contribution is 2.39. The Labute approximate surface area is 182 Å². The van der Waals surface area contributed by atoms with E-state index in [4.69, 9.17) is 16.3 Å². The number of benzene rings is 5. The maximum Gasteiger partial charge on any atom is 0.141 e. The van der Waals surface area contributed by atoms with Crippen LogP contribution >= 0.6 is 27.5 Å². The van der Waals surface area contributed by atoms with E-state index in [2.05, 4.69) is 88.7 Å². The van der Waals surface area contributed by atoms with Crippen molar-refractivity contribution < 1.29 is 4.74 Å². The minimum atomic E-state index is 0.665. The van der Waals surface area contributed by atoms with Crippen LogP contribution in [0.1, 0.15) is 0 Å². The Bertz CT molecular complexity index is 1350. The summed E-state index contributed by atoms with van der Waals surface area (Å²) in [7, 11) is 0. The molecule has 0 amide bonds. The van der Waals surface area contributed by atoms with Crippen molar-refractivity contribution in [2.75, 3.05) is 0 Å². The number of halogens is 2. The summed E-state index contributed by atoms with van der Waals surface area (Å²) in [5, 5.41) is 5.32. The average molecular weight is 460 g/mol. The molecule has 0 bridgehead atoms. The van der Waals surface area contributed by atoms with Gasteiger partial charge in [0.05, 0.1) is 4.47 Å². The van der Waals surface area contributed by atoms with Crippen molar-refractivity contribution in [1.82, 2.24) is 0 Å². The van der Waals surface area contributed by atoms with Gasteiger partial charge in [-0.2, -0.15) is 0 Å². The molecule has 0 fully saturated rings. The zero-order valence-electron chi connectivity index (χ0n) is 15.4. The lowest BCUT2D eigenvalue weighted by molar-refractivity contribution is 0.485. The predicted octanol–water partition coefficient (Wildman–Crippen LogP) is 8.87. The second kappa shape index (κ2) is 7.55. The van der Waals surface area contributed by atoms with Gasteiger partial charge in [-0.3, -0.25) is 0 Å². The molecule has 5 rings (SSSR count). The van der Waals surface area contributed by atoms with Crippen molar-refractivity contribution in [2.24, 2.45) is 0 Å². The van der Waals surface area contributed by atoms with Crippen LogP contribution in [0.5, 0.6) is 11.5 Å². The highest BCUT2D eigenvalue weighted by molar-refractivity contribution is 9.10. The summed E-state index contributed by atoms with van der Waals surface area (Å²) in [6.07, 6.45) is 0. The summed E-state index contributed by atoms with van der Waals surface area (Å²) in [6, 6.07) is 33.0. The van der Waals surface area contributed by atoms with Gasteiger partial charge < -0.3 is 4.74 Å². The molecule has 1 nitrogen and oxygen atoms in total. The van der Waals surface area contributed by atoms with E-state index < -0.39 is 0 Å². The Hall–Kier alpha value is -2.81. The first-order valence-corrected chi connectivity index (χ1v) is 10.5. The van der Waals surface area contributed by atoms with Crippen LogP contribution in [0.4, 0.5) is 0 Å². The van der Waals surface area contributed by atoms with E-state index in [0.717, 1.165) is 32.3 Å². The Kier molecular flexibility index (Phi) is 4.75. The van der Waals surface area contributed by atoms with Gasteiger partial charge in [-0.05, 0) is 73.5 Å². The van der Waals surface area contributed by atoms with E-state index in [9.17, 15) is 0 Å². The third-order valence-corrected chi connectivity index (χ3v) is 5.89. The van der Waals surface area contributed by atoms with Crippen LogP contribution in [0.2, 0.25) is 5.02 Å². The van der Waals surface area contributed by atoms with E-state index in [1.54, 1.807) is 0 Å². The van der Waals surface area contributed by atoms with Gasteiger partial charge >= 0.3 is 0 Å². The monoisotopic (exact) mass is 458 g/mol. The molecule has 0 radical (unpaired) electrons. The smallest absolute Gasteiger partial charge is 0.141 e. The van der Waals surface area contributed by atoms with Gasteiger partial charge in [-0.25, -0.2) is 0 Å². The molecule has 5 aromatic rings. The largest absolute Gasteiger partial charge is 0.456 e. The van der Waals surface area contributed by atoms with Gasteiger partial charge in [0.1, 0.15) is 11.5 Å². The number of rotatable bonds is 3. The average Bonchev–Trinajstić information content (AvgIpc) is 2.75. The Morgan fingerprint density at radius 2 is 1.34 bits per heavy atom. The van der Waals surface area contributed by atoms with E-state index >= 15 is 0 Å². The second-order valence-electron chi connectivity index (χ2n) is 6.90. The molecule has 0 saturated heterocycles. The number of hydrogen-bond acceptors (Lipinski definition) is 1. The number of fused-ring (bicyclic) bond motifs is 2. The summed E-state index contributed by atoms with van der Waals surface area (Å²) < 4.78 is 7.17. The first-order chi connectivity index (χ1) is 14.2. The summed E-state index contributed by atoms with van der Waals surface area (Å²) in [4.78, 5) is 0. The number of hydrogen-bond donors (Lipinski definition) is 0. The molecule has 140 valence electrons. The second-order valence-corrected chi connectivity index (χ2v) is 8.19. The maximum absolute atomic E-state index is 6.35. The molecular formula is C26H16BrClO. The number of ether oxygens (including phenoxy) is 1. The molecule has 0 saturated carbocycles. The topological polar surface area (TPSA) is 9.23 Å². The van der Waals surface area contributed by atoms with Crippen LogP contribution in [0, 0.1) is 0 Å². The molecule has 0 N–H and O–H groups in total. The van der Waals surface area contributed by atoms with Gasteiger partial charge in [0.2, 0.25) is 0 Å². The molecule has 0 spiro atoms. The lowest BCUT2D eigenvalue weighted by Gasteiger charge is -2.14. The van der Waals surface area contributed by atoms with Crippen molar-refractivity contribution in [2.45, 2.75) is 0 Å². The predicted molar refractivity (Wildman–Crippen MR) is 126 cm³/mol. The zero-order chi connectivity index (χ0) is 19.8. The van der Waals surface area contributed by atoms with Crippen molar-refractivity contribution in [3.63, 3.8) is 0 Å². The summed E-state index contributed by atoms with van der Waals surface area (Å²) in [5.41, 5.74) is 2.31. The molecule has 0 aromatic heterocycles. The van der Waals surface area contributed by atoms with Crippen LogP contribution in [0.25, 0.3) is 32.7 Å². The molecule has 29 heavy (non-hydrogen) atoms. The maximum atomic E-state index is 6.35. The van der Waals surface area contributed by atoms with Crippen LogP contribution < -0.4 is 4.74 Å². The fourth-order valence-electron chi connectivity index (χ4n) is 3.67. The van der Waals surface area contributed by atoms with E-state index in [0.29, 0.717) is 5.02 Å². The van der Waals surface area contributed by atoms with Gasteiger partial charge in [0.15, 0.2) is 0 Å².